The van der Waals surface area contributed by atoms with Crippen LogP contribution in [0.15, 0.2) is 36.5 Å². The summed E-state index contributed by atoms with van der Waals surface area (Å²) in [6.07, 6.45) is 1.22. The van der Waals surface area contributed by atoms with Crippen molar-refractivity contribution in [2.24, 2.45) is 0 Å². The maximum absolute atomic E-state index is 12.9. The molecular weight excluding hydrogens is 330 g/mol. The van der Waals surface area contributed by atoms with Crippen LogP contribution in [0.5, 0.6) is 5.75 Å². The number of carbonyl (C=O) groups is 1. The first kappa shape index (κ1) is 17.3. The van der Waals surface area contributed by atoms with E-state index in [9.17, 15) is 13.6 Å². The maximum atomic E-state index is 12.9. The van der Waals surface area contributed by atoms with Crippen molar-refractivity contribution in [2.75, 3.05) is 33.3 Å². The van der Waals surface area contributed by atoms with Crippen LogP contribution in [0.2, 0.25) is 0 Å². The van der Waals surface area contributed by atoms with E-state index in [-0.39, 0.29) is 5.69 Å². The SMILES string of the molecule is COc1cccc(CN2CCN(C(=O)c3ccnn3C(F)F)CC2)c1. The standard InChI is InChI=1S/C17H20F2N4O2/c1-25-14-4-2-3-13(11-14)12-21-7-9-22(10-8-21)16(24)15-5-6-20-23(15)17(18)19/h2-6,11,17H,7-10,12H2,1H3. The summed E-state index contributed by atoms with van der Waals surface area (Å²) in [4.78, 5) is 16.3. The lowest BCUT2D eigenvalue weighted by atomic mass is 10.2. The molecule has 2 heterocycles. The molecule has 0 aliphatic carbocycles. The van der Waals surface area contributed by atoms with Crippen LogP contribution < -0.4 is 4.74 Å². The molecule has 6 nitrogen and oxygen atoms in total. The third-order valence-electron chi connectivity index (χ3n) is 4.27. The monoisotopic (exact) mass is 350 g/mol. The van der Waals surface area contributed by atoms with Crippen LogP contribution >= 0.6 is 0 Å². The summed E-state index contributed by atoms with van der Waals surface area (Å²) >= 11 is 0. The van der Waals surface area contributed by atoms with Crippen LogP contribution in [-0.4, -0.2) is 58.8 Å². The van der Waals surface area contributed by atoms with Crippen molar-refractivity contribution in [1.82, 2.24) is 19.6 Å². The third kappa shape index (κ3) is 3.96. The first-order valence-electron chi connectivity index (χ1n) is 8.04. The molecule has 0 atom stereocenters. The van der Waals surface area contributed by atoms with Crippen molar-refractivity contribution in [2.45, 2.75) is 13.1 Å². The molecule has 0 spiro atoms. The average molecular weight is 350 g/mol. The van der Waals surface area contributed by atoms with Crippen LogP contribution in [-0.2, 0) is 6.54 Å². The van der Waals surface area contributed by atoms with E-state index in [1.165, 1.54) is 12.3 Å². The fourth-order valence-electron chi connectivity index (χ4n) is 2.94. The highest BCUT2D eigenvalue weighted by molar-refractivity contribution is 5.92. The molecule has 1 amide bonds. The van der Waals surface area contributed by atoms with Crippen molar-refractivity contribution in [3.63, 3.8) is 0 Å². The van der Waals surface area contributed by atoms with Gasteiger partial charge in [-0.1, -0.05) is 12.1 Å². The fourth-order valence-corrected chi connectivity index (χ4v) is 2.94. The highest BCUT2D eigenvalue weighted by Gasteiger charge is 2.26. The fraction of sp³-hybridized carbons (Fsp3) is 0.412. The Kier molecular flexibility index (Phi) is 5.28. The topological polar surface area (TPSA) is 50.6 Å². The molecule has 134 valence electrons. The van der Waals surface area contributed by atoms with Gasteiger partial charge in [-0.05, 0) is 23.8 Å². The largest absolute Gasteiger partial charge is 0.497 e. The molecule has 2 aromatic rings. The summed E-state index contributed by atoms with van der Waals surface area (Å²) in [6.45, 7) is 0.309. The molecule has 8 heteroatoms. The number of carbonyl (C=O) groups excluding carboxylic acids is 1. The normalized spacial score (nSPS) is 15.6. The summed E-state index contributed by atoms with van der Waals surface area (Å²) < 4.78 is 31.4. The molecule has 1 saturated heterocycles. The summed E-state index contributed by atoms with van der Waals surface area (Å²) in [6, 6.07) is 9.18. The van der Waals surface area contributed by atoms with E-state index in [1.807, 2.05) is 24.3 Å². The Labute approximate surface area is 144 Å². The Morgan fingerprint density at radius 2 is 2.00 bits per heavy atom. The van der Waals surface area contributed by atoms with Crippen LogP contribution in [0.25, 0.3) is 0 Å². The van der Waals surface area contributed by atoms with E-state index in [1.54, 1.807) is 12.0 Å². The van der Waals surface area contributed by atoms with Crippen molar-refractivity contribution >= 4 is 5.91 Å². The molecule has 1 fully saturated rings. The summed E-state index contributed by atoms with van der Waals surface area (Å²) in [7, 11) is 1.63. The van der Waals surface area contributed by atoms with E-state index in [4.69, 9.17) is 4.74 Å². The van der Waals surface area contributed by atoms with Gasteiger partial charge in [-0.25, -0.2) is 0 Å². The molecule has 0 saturated carbocycles. The second-order valence-corrected chi connectivity index (χ2v) is 5.86. The predicted octanol–water partition coefficient (Wildman–Crippen LogP) is 2.24. The highest BCUT2D eigenvalue weighted by Crippen LogP contribution is 2.17. The molecule has 0 N–H and O–H groups in total. The van der Waals surface area contributed by atoms with Crippen LogP contribution in [0.3, 0.4) is 0 Å². The molecule has 1 aliphatic rings. The van der Waals surface area contributed by atoms with Gasteiger partial charge < -0.3 is 9.64 Å². The molecule has 25 heavy (non-hydrogen) atoms. The number of hydrogen-bond acceptors (Lipinski definition) is 4. The minimum atomic E-state index is -2.82. The van der Waals surface area contributed by atoms with Crippen LogP contribution in [0.4, 0.5) is 8.78 Å². The quantitative estimate of drug-likeness (QED) is 0.830. The zero-order valence-electron chi connectivity index (χ0n) is 13.9. The number of ether oxygens (including phenoxy) is 1. The van der Waals surface area contributed by atoms with Crippen LogP contribution in [0, 0.1) is 0 Å². The van der Waals surface area contributed by atoms with Gasteiger partial charge in [0, 0.05) is 38.9 Å². The lowest BCUT2D eigenvalue weighted by molar-refractivity contribution is 0.0424. The first-order valence-corrected chi connectivity index (χ1v) is 8.04. The molecule has 3 rings (SSSR count). The number of benzene rings is 1. The van der Waals surface area contributed by atoms with Gasteiger partial charge in [0.05, 0.1) is 7.11 Å². The zero-order valence-corrected chi connectivity index (χ0v) is 13.9. The van der Waals surface area contributed by atoms with Gasteiger partial charge in [0.1, 0.15) is 11.4 Å². The number of aromatic nitrogens is 2. The third-order valence-corrected chi connectivity index (χ3v) is 4.27. The average Bonchev–Trinajstić information content (AvgIpc) is 3.12. The van der Waals surface area contributed by atoms with Crippen LogP contribution in [0.1, 0.15) is 22.6 Å². The van der Waals surface area contributed by atoms with E-state index >= 15 is 0 Å². The molecule has 1 aromatic carbocycles. The minimum Gasteiger partial charge on any atom is -0.497 e. The molecule has 1 aliphatic heterocycles. The molecule has 0 unspecified atom stereocenters. The van der Waals surface area contributed by atoms with Gasteiger partial charge in [-0.2, -0.15) is 18.6 Å². The number of methoxy groups -OCH3 is 1. The van der Waals surface area contributed by atoms with E-state index in [0.717, 1.165) is 17.9 Å². The Balaban J connectivity index is 1.58. The van der Waals surface area contributed by atoms with Crippen molar-refractivity contribution in [3.05, 3.63) is 47.8 Å². The Morgan fingerprint density at radius 3 is 2.68 bits per heavy atom. The van der Waals surface area contributed by atoms with Gasteiger partial charge in [0.2, 0.25) is 0 Å². The number of rotatable bonds is 5. The van der Waals surface area contributed by atoms with Crippen molar-refractivity contribution in [1.29, 1.82) is 0 Å². The van der Waals surface area contributed by atoms with E-state index < -0.39 is 12.5 Å². The summed E-state index contributed by atoms with van der Waals surface area (Å²) in [5.74, 6) is 0.408. The number of halogens is 2. The highest BCUT2D eigenvalue weighted by atomic mass is 19.3. The van der Waals surface area contributed by atoms with Gasteiger partial charge >= 0.3 is 6.55 Å². The maximum Gasteiger partial charge on any atom is 0.333 e. The minimum absolute atomic E-state index is 0.0729. The number of alkyl halides is 2. The second-order valence-electron chi connectivity index (χ2n) is 5.86. The summed E-state index contributed by atoms with van der Waals surface area (Å²) in [5, 5.41) is 3.52. The van der Waals surface area contributed by atoms with Crippen molar-refractivity contribution in [3.8, 4) is 5.75 Å². The lowest BCUT2D eigenvalue weighted by Gasteiger charge is -2.34. The lowest BCUT2D eigenvalue weighted by Crippen LogP contribution is -2.48. The second kappa shape index (κ2) is 7.60. The molecular formula is C17H20F2N4O2. The Morgan fingerprint density at radius 1 is 1.24 bits per heavy atom. The Hall–Kier alpha value is -2.48. The van der Waals surface area contributed by atoms with Gasteiger partial charge in [-0.15, -0.1) is 0 Å². The molecule has 0 bridgehead atoms. The smallest absolute Gasteiger partial charge is 0.333 e. The number of nitrogens with zero attached hydrogens (tertiary/aromatic N) is 4. The number of hydrogen-bond donors (Lipinski definition) is 0. The van der Waals surface area contributed by atoms with Gasteiger partial charge in [0.25, 0.3) is 5.91 Å². The predicted molar refractivity (Wildman–Crippen MR) is 87.7 cm³/mol. The number of piperazine rings is 1. The van der Waals surface area contributed by atoms with Crippen molar-refractivity contribution < 1.29 is 18.3 Å². The Bertz CT molecular complexity index is 727. The molecule has 1 aromatic heterocycles. The van der Waals surface area contributed by atoms with E-state index in [0.29, 0.717) is 30.9 Å². The van der Waals surface area contributed by atoms with E-state index in [2.05, 4.69) is 10.00 Å². The molecule has 0 radical (unpaired) electrons. The van der Waals surface area contributed by atoms with Gasteiger partial charge in [-0.3, -0.25) is 9.69 Å². The van der Waals surface area contributed by atoms with Gasteiger partial charge in [0.15, 0.2) is 0 Å². The first-order chi connectivity index (χ1) is 12.1. The summed E-state index contributed by atoms with van der Waals surface area (Å²) in [5.41, 5.74) is 1.06. The zero-order chi connectivity index (χ0) is 17.8. The number of amides is 1.